The highest BCUT2D eigenvalue weighted by atomic mass is 16.5. The van der Waals surface area contributed by atoms with Crippen LogP contribution in [-0.4, -0.2) is 35.6 Å². The van der Waals surface area contributed by atoms with Gasteiger partial charge in [0.1, 0.15) is 17.7 Å². The molecule has 8 heteroatoms. The number of anilines is 1. The molecule has 0 aromatic heterocycles. The topological polar surface area (TPSA) is 129 Å². The average Bonchev–Trinajstić information content (AvgIpc) is 2.61. The van der Waals surface area contributed by atoms with Crippen molar-refractivity contribution in [3.63, 3.8) is 0 Å². The normalized spacial score (nSPS) is 12.0. The number of nitrogens with zero attached hydrogens (tertiary/aromatic N) is 1. The minimum Gasteiger partial charge on any atom is -0.480 e. The predicted molar refractivity (Wildman–Crippen MR) is 98.7 cm³/mol. The molecule has 1 aromatic rings. The van der Waals surface area contributed by atoms with Crippen LogP contribution in [0.5, 0.6) is 0 Å². The first kappa shape index (κ1) is 21.7. The number of benzene rings is 1. The molecule has 0 saturated heterocycles. The maximum atomic E-state index is 12.3. The number of nitrogens with one attached hydrogen (secondary N) is 2. The van der Waals surface area contributed by atoms with Crippen LogP contribution >= 0.6 is 0 Å². The van der Waals surface area contributed by atoms with Crippen molar-refractivity contribution in [3.05, 3.63) is 41.6 Å². The van der Waals surface area contributed by atoms with Crippen LogP contribution in [0.15, 0.2) is 36.0 Å². The van der Waals surface area contributed by atoms with Gasteiger partial charge in [0.25, 0.3) is 5.91 Å². The first-order chi connectivity index (χ1) is 12.8. The Bertz CT molecular complexity index is 765. The van der Waals surface area contributed by atoms with Crippen molar-refractivity contribution < 1.29 is 24.2 Å². The number of nitriles is 1. The first-order valence-corrected chi connectivity index (χ1v) is 8.46. The Morgan fingerprint density at radius 2 is 1.96 bits per heavy atom. The fourth-order valence-corrected chi connectivity index (χ4v) is 2.21. The van der Waals surface area contributed by atoms with E-state index in [0.717, 1.165) is 6.20 Å². The summed E-state index contributed by atoms with van der Waals surface area (Å²) in [5.41, 5.74) is 0.0314. The van der Waals surface area contributed by atoms with E-state index in [4.69, 9.17) is 4.74 Å². The molecule has 0 saturated carbocycles. The Kier molecular flexibility index (Phi) is 8.53. The van der Waals surface area contributed by atoms with Gasteiger partial charge in [0.15, 0.2) is 0 Å². The second-order valence-electron chi connectivity index (χ2n) is 6.08. The van der Waals surface area contributed by atoms with Gasteiger partial charge < -0.3 is 20.5 Å². The highest BCUT2D eigenvalue weighted by molar-refractivity contribution is 6.09. The summed E-state index contributed by atoms with van der Waals surface area (Å²) in [6.07, 6.45) is 1.40. The number of para-hydroxylation sites is 1. The molecule has 0 aliphatic carbocycles. The molecule has 0 spiro atoms. The van der Waals surface area contributed by atoms with Crippen LogP contribution in [0, 0.1) is 17.2 Å². The van der Waals surface area contributed by atoms with Crippen molar-refractivity contribution in [2.75, 3.05) is 11.9 Å². The van der Waals surface area contributed by atoms with Crippen LogP contribution < -0.4 is 10.6 Å². The molecular weight excluding hydrogens is 350 g/mol. The lowest BCUT2D eigenvalue weighted by atomic mass is 10.0. The minimum atomic E-state index is -1.08. The van der Waals surface area contributed by atoms with Crippen molar-refractivity contribution in [2.45, 2.75) is 33.2 Å². The maximum Gasteiger partial charge on any atom is 0.340 e. The fourth-order valence-electron chi connectivity index (χ4n) is 2.21. The largest absolute Gasteiger partial charge is 0.480 e. The minimum absolute atomic E-state index is 0.114. The summed E-state index contributed by atoms with van der Waals surface area (Å²) in [6.45, 7) is 5.58. The molecular formula is C19H23N3O5. The number of rotatable bonds is 9. The summed E-state index contributed by atoms with van der Waals surface area (Å²) in [6, 6.07) is 7.03. The quantitative estimate of drug-likeness (QED) is 0.344. The Morgan fingerprint density at radius 1 is 1.30 bits per heavy atom. The number of carbonyl (C=O) groups is 3. The number of amides is 1. The van der Waals surface area contributed by atoms with Gasteiger partial charge in [-0.1, -0.05) is 26.0 Å². The molecule has 1 amide bonds. The number of carbonyl (C=O) groups excluding carboxylic acids is 2. The molecule has 0 fully saturated rings. The third kappa shape index (κ3) is 6.82. The van der Waals surface area contributed by atoms with Crippen LogP contribution in [0.1, 0.15) is 37.6 Å². The van der Waals surface area contributed by atoms with Gasteiger partial charge in [-0.15, -0.1) is 0 Å². The highest BCUT2D eigenvalue weighted by Crippen LogP contribution is 2.17. The standard InChI is InChI=1S/C19H23N3O5/c1-4-27-19(26)14-7-5-6-8-15(14)22-17(23)13(10-20)11-21-16(18(24)25)9-12(2)3/h5-8,11-12,16,21H,4,9H2,1-3H3,(H,22,23)(H,24,25)/b13-11-. The van der Waals surface area contributed by atoms with Crippen LogP contribution in [0.25, 0.3) is 0 Å². The van der Waals surface area contributed by atoms with Gasteiger partial charge in [-0.05, 0) is 31.4 Å². The van der Waals surface area contributed by atoms with Gasteiger partial charge in [-0.3, -0.25) is 4.79 Å². The second kappa shape index (κ2) is 10.6. The Hall–Kier alpha value is -3.34. The Labute approximate surface area is 157 Å². The average molecular weight is 373 g/mol. The third-order valence-electron chi connectivity index (χ3n) is 3.47. The summed E-state index contributed by atoms with van der Waals surface area (Å²) >= 11 is 0. The fraction of sp³-hybridized carbons (Fsp3) is 0.368. The van der Waals surface area contributed by atoms with Gasteiger partial charge in [-0.2, -0.15) is 5.26 Å². The van der Waals surface area contributed by atoms with Crippen LogP contribution in [0.3, 0.4) is 0 Å². The molecule has 8 nitrogen and oxygen atoms in total. The van der Waals surface area contributed by atoms with E-state index in [1.807, 2.05) is 13.8 Å². The van der Waals surface area contributed by atoms with Crippen LogP contribution in [-0.2, 0) is 14.3 Å². The maximum absolute atomic E-state index is 12.3. The first-order valence-electron chi connectivity index (χ1n) is 8.46. The molecule has 1 aromatic carbocycles. The predicted octanol–water partition coefficient (Wildman–Crippen LogP) is 2.30. The summed E-state index contributed by atoms with van der Waals surface area (Å²) in [5.74, 6) is -2.33. The van der Waals surface area contributed by atoms with Crippen LogP contribution in [0.4, 0.5) is 5.69 Å². The number of aliphatic carboxylic acids is 1. The molecule has 0 heterocycles. The van der Waals surface area contributed by atoms with E-state index in [9.17, 15) is 24.8 Å². The van der Waals surface area contributed by atoms with E-state index in [2.05, 4.69) is 10.6 Å². The third-order valence-corrected chi connectivity index (χ3v) is 3.47. The van der Waals surface area contributed by atoms with E-state index in [-0.39, 0.29) is 29.3 Å². The lowest BCUT2D eigenvalue weighted by Gasteiger charge is -2.15. The number of carboxylic acids is 1. The van der Waals surface area contributed by atoms with Crippen molar-refractivity contribution in [1.29, 1.82) is 5.26 Å². The smallest absolute Gasteiger partial charge is 0.340 e. The summed E-state index contributed by atoms with van der Waals surface area (Å²) in [4.78, 5) is 35.5. The van der Waals surface area contributed by atoms with E-state index in [1.165, 1.54) is 12.1 Å². The van der Waals surface area contributed by atoms with Gasteiger partial charge in [-0.25, -0.2) is 9.59 Å². The molecule has 1 atom stereocenters. The summed E-state index contributed by atoms with van der Waals surface area (Å²) < 4.78 is 4.93. The van der Waals surface area contributed by atoms with Crippen molar-refractivity contribution >= 4 is 23.5 Å². The number of ether oxygens (including phenoxy) is 1. The van der Waals surface area contributed by atoms with Gasteiger partial charge in [0, 0.05) is 6.20 Å². The Morgan fingerprint density at radius 3 is 2.52 bits per heavy atom. The zero-order chi connectivity index (χ0) is 20.4. The molecule has 144 valence electrons. The van der Waals surface area contributed by atoms with Crippen molar-refractivity contribution in [2.24, 2.45) is 5.92 Å². The van der Waals surface area contributed by atoms with Gasteiger partial charge in [0.05, 0.1) is 17.9 Å². The number of hydrogen-bond acceptors (Lipinski definition) is 6. The van der Waals surface area contributed by atoms with Crippen molar-refractivity contribution in [1.82, 2.24) is 5.32 Å². The number of carboxylic acid groups (broad SMARTS) is 1. The molecule has 0 aliphatic rings. The lowest BCUT2D eigenvalue weighted by Crippen LogP contribution is -2.35. The summed E-state index contributed by atoms with van der Waals surface area (Å²) in [7, 11) is 0. The molecule has 1 unspecified atom stereocenters. The SMILES string of the molecule is CCOC(=O)c1ccccc1NC(=O)/C(C#N)=C\NC(CC(C)C)C(=O)O. The molecule has 1 rings (SSSR count). The zero-order valence-electron chi connectivity index (χ0n) is 15.5. The van der Waals surface area contributed by atoms with E-state index in [0.29, 0.717) is 6.42 Å². The van der Waals surface area contributed by atoms with Crippen LogP contribution in [0.2, 0.25) is 0 Å². The zero-order valence-corrected chi connectivity index (χ0v) is 15.5. The number of hydrogen-bond donors (Lipinski definition) is 3. The van der Waals surface area contributed by atoms with E-state index in [1.54, 1.807) is 25.1 Å². The molecule has 27 heavy (non-hydrogen) atoms. The molecule has 3 N–H and O–H groups in total. The monoisotopic (exact) mass is 373 g/mol. The molecule has 0 aliphatic heterocycles. The highest BCUT2D eigenvalue weighted by Gasteiger charge is 2.19. The van der Waals surface area contributed by atoms with E-state index < -0.39 is 23.9 Å². The van der Waals surface area contributed by atoms with Gasteiger partial charge in [0.2, 0.25) is 0 Å². The molecule has 0 radical (unpaired) electrons. The van der Waals surface area contributed by atoms with Crippen molar-refractivity contribution in [3.8, 4) is 6.07 Å². The Balaban J connectivity index is 2.95. The van der Waals surface area contributed by atoms with Gasteiger partial charge >= 0.3 is 11.9 Å². The van der Waals surface area contributed by atoms with E-state index >= 15 is 0 Å². The lowest BCUT2D eigenvalue weighted by molar-refractivity contribution is -0.139. The summed E-state index contributed by atoms with van der Waals surface area (Å²) in [5, 5.41) is 23.5. The number of esters is 1. The second-order valence-corrected chi connectivity index (χ2v) is 6.08. The molecule has 0 bridgehead atoms.